The van der Waals surface area contributed by atoms with Crippen molar-refractivity contribution in [3.8, 4) is 5.75 Å². The number of pyridine rings is 2. The van der Waals surface area contributed by atoms with E-state index in [1.165, 1.54) is 12.4 Å². The van der Waals surface area contributed by atoms with Gasteiger partial charge in [0.05, 0.1) is 23.6 Å². The second kappa shape index (κ2) is 10.3. The molecule has 0 fully saturated rings. The lowest BCUT2D eigenvalue weighted by Crippen LogP contribution is -2.29. The fraction of sp³-hybridized carbons (Fsp3) is 0.308. The van der Waals surface area contributed by atoms with Gasteiger partial charge in [0.25, 0.3) is 5.56 Å². The lowest BCUT2D eigenvalue weighted by molar-refractivity contribution is 0.0682. The van der Waals surface area contributed by atoms with Crippen LogP contribution in [0.4, 0.5) is 8.78 Å². The summed E-state index contributed by atoms with van der Waals surface area (Å²) in [5, 5.41) is 10.2. The normalized spacial score (nSPS) is 16.7. The molecule has 0 bridgehead atoms. The zero-order chi connectivity index (χ0) is 27.9. The van der Waals surface area contributed by atoms with Crippen LogP contribution in [0.3, 0.4) is 0 Å². The van der Waals surface area contributed by atoms with Gasteiger partial charge in [-0.3, -0.25) is 14.3 Å². The Kier molecular flexibility index (Phi) is 7.45. The van der Waals surface area contributed by atoms with Gasteiger partial charge in [0.1, 0.15) is 33.9 Å². The van der Waals surface area contributed by atoms with Gasteiger partial charge in [-0.25, -0.2) is 18.7 Å². The number of hydrogen-bond acceptors (Lipinski definition) is 7. The van der Waals surface area contributed by atoms with E-state index in [0.29, 0.717) is 23.2 Å². The van der Waals surface area contributed by atoms with Crippen LogP contribution < -0.4 is 10.3 Å². The third-order valence-electron chi connectivity index (χ3n) is 6.15. The first-order chi connectivity index (χ1) is 17.8. The molecule has 4 heterocycles. The highest BCUT2D eigenvalue weighted by Gasteiger charge is 2.27. The summed E-state index contributed by atoms with van der Waals surface area (Å²) in [6.45, 7) is 6.82. The summed E-state index contributed by atoms with van der Waals surface area (Å²) in [6, 6.07) is 2.76. The Bertz CT molecular complexity index is 1520. The van der Waals surface area contributed by atoms with Crippen LogP contribution in [0.25, 0.3) is 5.70 Å². The van der Waals surface area contributed by atoms with Gasteiger partial charge in [0.2, 0.25) is 0 Å². The summed E-state index contributed by atoms with van der Waals surface area (Å²) in [7, 11) is 3.41. The second-order valence-corrected chi connectivity index (χ2v) is 10.1. The van der Waals surface area contributed by atoms with Crippen molar-refractivity contribution in [1.82, 2.24) is 24.4 Å². The van der Waals surface area contributed by atoms with Gasteiger partial charge in [-0.15, -0.1) is 0 Å². The van der Waals surface area contributed by atoms with Crippen molar-refractivity contribution in [2.45, 2.75) is 45.3 Å². The Labute approximate surface area is 224 Å². The Morgan fingerprint density at radius 3 is 2.61 bits per heavy atom. The molecule has 1 aliphatic rings. The average Bonchev–Trinajstić information content (AvgIpc) is 2.83. The number of allylic oxidation sites excluding steroid dienone is 2. The van der Waals surface area contributed by atoms with Gasteiger partial charge in [0.15, 0.2) is 19.5 Å². The van der Waals surface area contributed by atoms with Crippen molar-refractivity contribution < 1.29 is 18.6 Å². The lowest BCUT2D eigenvalue weighted by Gasteiger charge is -2.31. The molecule has 0 amide bonds. The molecule has 0 saturated heterocycles. The van der Waals surface area contributed by atoms with Crippen molar-refractivity contribution in [3.63, 3.8) is 0 Å². The Morgan fingerprint density at radius 2 is 1.95 bits per heavy atom. The average molecular weight is 542 g/mol. The van der Waals surface area contributed by atoms with E-state index in [-0.39, 0.29) is 28.3 Å². The first-order valence-corrected chi connectivity index (χ1v) is 12.2. The van der Waals surface area contributed by atoms with Crippen molar-refractivity contribution in [2.24, 2.45) is 0 Å². The molecule has 8 nitrogen and oxygen atoms in total. The SMILES string of the molecule is BC(Oc1cc(C)n(C2=CC(c3ccnc(C(C)(C)O)n3)N(C)C=C2C)c(=O)c1Cl)c1ncc(F)cc1F. The Morgan fingerprint density at radius 1 is 1.24 bits per heavy atom. The highest BCUT2D eigenvalue weighted by Crippen LogP contribution is 2.34. The fourth-order valence-corrected chi connectivity index (χ4v) is 4.45. The van der Waals surface area contributed by atoms with Crippen molar-refractivity contribution in [1.29, 1.82) is 0 Å². The largest absolute Gasteiger partial charge is 0.492 e. The van der Waals surface area contributed by atoms with E-state index in [4.69, 9.17) is 16.3 Å². The fourth-order valence-electron chi connectivity index (χ4n) is 4.26. The number of rotatable bonds is 6. The molecule has 4 rings (SSSR count). The van der Waals surface area contributed by atoms with E-state index in [0.717, 1.165) is 11.8 Å². The monoisotopic (exact) mass is 541 g/mol. The van der Waals surface area contributed by atoms with Gasteiger partial charge in [-0.05, 0) is 45.4 Å². The molecule has 0 aromatic carbocycles. The summed E-state index contributed by atoms with van der Waals surface area (Å²) in [4.78, 5) is 27.9. The van der Waals surface area contributed by atoms with E-state index < -0.39 is 28.8 Å². The molecule has 0 spiro atoms. The molecule has 1 aliphatic heterocycles. The number of aryl methyl sites for hydroxylation is 1. The number of hydrogen-bond donors (Lipinski definition) is 1. The van der Waals surface area contributed by atoms with Crippen LogP contribution in [0.5, 0.6) is 5.75 Å². The zero-order valence-corrected chi connectivity index (χ0v) is 22.6. The number of halogens is 3. The highest BCUT2D eigenvalue weighted by molar-refractivity contribution is 6.32. The van der Waals surface area contributed by atoms with Crippen molar-refractivity contribution in [3.05, 3.63) is 98.4 Å². The van der Waals surface area contributed by atoms with Crippen LogP contribution in [-0.2, 0) is 5.60 Å². The number of aliphatic hydroxyl groups is 1. The van der Waals surface area contributed by atoms with E-state index in [1.54, 1.807) is 39.1 Å². The van der Waals surface area contributed by atoms with Crippen LogP contribution in [0.15, 0.2) is 53.2 Å². The van der Waals surface area contributed by atoms with E-state index >= 15 is 0 Å². The number of likely N-dealkylation sites (N-methyl/N-ethyl adjacent to an activating group) is 1. The van der Waals surface area contributed by atoms with E-state index in [2.05, 4.69) is 15.0 Å². The smallest absolute Gasteiger partial charge is 0.277 e. The van der Waals surface area contributed by atoms with E-state index in [1.807, 2.05) is 31.1 Å². The molecular formula is C26H27BClF2N5O3. The molecule has 0 saturated carbocycles. The molecule has 3 aromatic rings. The number of nitrogens with zero attached hydrogens (tertiary/aromatic N) is 5. The third-order valence-corrected chi connectivity index (χ3v) is 6.50. The summed E-state index contributed by atoms with van der Waals surface area (Å²) >= 11 is 6.45. The predicted octanol–water partition coefficient (Wildman–Crippen LogP) is 3.64. The van der Waals surface area contributed by atoms with Crippen molar-refractivity contribution >= 4 is 25.1 Å². The van der Waals surface area contributed by atoms with Crippen molar-refractivity contribution in [2.75, 3.05) is 7.05 Å². The molecule has 2 atom stereocenters. The van der Waals surface area contributed by atoms with Crippen LogP contribution in [0.2, 0.25) is 5.02 Å². The van der Waals surface area contributed by atoms with Crippen LogP contribution >= 0.6 is 11.6 Å². The van der Waals surface area contributed by atoms with Gasteiger partial charge in [0, 0.05) is 37.3 Å². The maximum absolute atomic E-state index is 14.2. The summed E-state index contributed by atoms with van der Waals surface area (Å²) in [6.07, 6.45) is 6.25. The molecule has 38 heavy (non-hydrogen) atoms. The maximum atomic E-state index is 14.2. The predicted molar refractivity (Wildman–Crippen MR) is 142 cm³/mol. The molecule has 3 aromatic heterocycles. The minimum atomic E-state index is -1.22. The second-order valence-electron chi connectivity index (χ2n) is 9.72. The quantitative estimate of drug-likeness (QED) is 0.476. The minimum absolute atomic E-state index is 0.0563. The van der Waals surface area contributed by atoms with Gasteiger partial charge >= 0.3 is 0 Å². The summed E-state index contributed by atoms with van der Waals surface area (Å²) in [5.41, 5.74) is 0.717. The summed E-state index contributed by atoms with van der Waals surface area (Å²) in [5.74, 6) is -1.33. The third kappa shape index (κ3) is 5.35. The first kappa shape index (κ1) is 27.5. The molecular weight excluding hydrogens is 515 g/mol. The number of ether oxygens (including phenoxy) is 1. The van der Waals surface area contributed by atoms with E-state index in [9.17, 15) is 18.7 Å². The topological polar surface area (TPSA) is 93.4 Å². The molecule has 1 N–H and O–H groups in total. The molecule has 198 valence electrons. The maximum Gasteiger partial charge on any atom is 0.277 e. The first-order valence-electron chi connectivity index (χ1n) is 11.9. The highest BCUT2D eigenvalue weighted by atomic mass is 35.5. The zero-order valence-electron chi connectivity index (χ0n) is 21.8. The Balaban J connectivity index is 1.73. The number of aromatic nitrogens is 4. The molecule has 12 heteroatoms. The molecule has 0 radical (unpaired) electrons. The minimum Gasteiger partial charge on any atom is -0.492 e. The Hall–Kier alpha value is -3.57. The van der Waals surface area contributed by atoms with Crippen LogP contribution in [-0.4, -0.2) is 44.4 Å². The lowest BCUT2D eigenvalue weighted by atomic mass is 9.95. The van der Waals surface area contributed by atoms with Crippen LogP contribution in [0.1, 0.15) is 55.7 Å². The molecule has 2 unspecified atom stereocenters. The van der Waals surface area contributed by atoms with Crippen LogP contribution in [0, 0.1) is 18.6 Å². The molecule has 0 aliphatic carbocycles. The van der Waals surface area contributed by atoms with Gasteiger partial charge < -0.3 is 14.7 Å². The van der Waals surface area contributed by atoms with Gasteiger partial charge in [-0.1, -0.05) is 11.6 Å². The summed E-state index contributed by atoms with van der Waals surface area (Å²) < 4.78 is 34.7. The van der Waals surface area contributed by atoms with Gasteiger partial charge in [-0.2, -0.15) is 0 Å². The standard InChI is InChI=1S/C26H27BClF2N5O3/c1-13-12-34(5)19(17-6-7-31-25(33-17)26(3,4)37)10-18(13)35-14(2)8-20(21(28)24(35)36)38-23(27)22-16(30)9-15(29)11-32-22/h6-12,19,23,37H,27H2,1-5H3.